The zero-order chi connectivity index (χ0) is 40.2. The van der Waals surface area contributed by atoms with E-state index in [0.717, 1.165) is 40.0 Å². The van der Waals surface area contributed by atoms with Gasteiger partial charge in [-0.25, -0.2) is 0 Å². The molecule has 10 nitrogen and oxygen atoms in total. The van der Waals surface area contributed by atoms with Crippen LogP contribution in [0.3, 0.4) is 0 Å². The first-order chi connectivity index (χ1) is 27.2. The minimum atomic E-state index is -3.49. The van der Waals surface area contributed by atoms with E-state index in [1.807, 2.05) is 152 Å². The van der Waals surface area contributed by atoms with E-state index < -0.39 is 45.0 Å². The molecule has 0 spiro atoms. The third kappa shape index (κ3) is 22.4. The van der Waals surface area contributed by atoms with Gasteiger partial charge in [0.1, 0.15) is 0 Å². The number of carboxylic acids is 2. The van der Waals surface area contributed by atoms with Crippen LogP contribution in [0.4, 0.5) is 0 Å². The standard InChI is InChI=1S/5C9H8O2.Al.Mg/c5*10-9(11)7-6-8-4-2-1-3-5-8;;/h5*1-7H,(H,10,11);;/q;;;;;+3;+2/p-5. The second-order valence-electron chi connectivity index (χ2n) is 11.0. The van der Waals surface area contributed by atoms with Crippen molar-refractivity contribution in [3.8, 4) is 0 Å². The molecule has 5 aromatic rings. The van der Waals surface area contributed by atoms with E-state index in [9.17, 15) is 34.2 Å². The Morgan fingerprint density at radius 1 is 0.351 bits per heavy atom. The van der Waals surface area contributed by atoms with Crippen LogP contribution in [0.5, 0.6) is 0 Å². The molecule has 0 aliphatic carbocycles. The summed E-state index contributed by atoms with van der Waals surface area (Å²) in [5.74, 6) is -4.72. The average Bonchev–Trinajstić information content (AvgIpc) is 3.22. The van der Waals surface area contributed by atoms with Crippen molar-refractivity contribution < 1.29 is 45.6 Å². The molecule has 0 heterocycles. The summed E-state index contributed by atoms with van der Waals surface area (Å²) < 4.78 is 15.5. The predicted octanol–water partition coefficient (Wildman–Crippen LogP) is 5.26. The number of carboxylic acid groups (broad SMARTS) is 2. The fraction of sp³-hybridized carbons (Fsp3) is 0. The molecule has 0 radical (unpaired) electrons. The summed E-state index contributed by atoms with van der Waals surface area (Å²) in [7, 11) is 0. The number of hydrogen-bond donors (Lipinski definition) is 0. The van der Waals surface area contributed by atoms with Crippen LogP contribution in [-0.4, -0.2) is 68.0 Å². The summed E-state index contributed by atoms with van der Waals surface area (Å²) >= 11 is -3.49. The van der Waals surface area contributed by atoms with Crippen molar-refractivity contribution in [2.45, 2.75) is 0 Å². The van der Waals surface area contributed by atoms with E-state index in [0.29, 0.717) is 0 Å². The molecule has 0 unspecified atom stereocenters. The fourth-order valence-corrected chi connectivity index (χ4v) is 5.07. The Kier molecular flexibility index (Phi) is 22.8. The predicted molar refractivity (Wildman–Crippen MR) is 217 cm³/mol. The molecule has 0 saturated carbocycles. The summed E-state index contributed by atoms with van der Waals surface area (Å²) in [5.41, 5.74) is 4.06. The largest absolute Gasteiger partial charge is 2.00 e. The first kappa shape index (κ1) is 46.6. The Labute approximate surface area is 351 Å². The smallest absolute Gasteiger partial charge is 0.547 e. The molecule has 0 aliphatic heterocycles. The third-order valence-corrected chi connectivity index (χ3v) is 7.97. The summed E-state index contributed by atoms with van der Waals surface area (Å²) in [4.78, 5) is 56.7. The van der Waals surface area contributed by atoms with E-state index in [2.05, 4.69) is 0 Å². The molecule has 0 N–H and O–H groups in total. The molecule has 0 amide bonds. The van der Waals surface area contributed by atoms with E-state index in [1.54, 1.807) is 18.2 Å². The van der Waals surface area contributed by atoms with Gasteiger partial charge >= 0.3 is 38.2 Å². The molecule has 0 saturated heterocycles. The van der Waals surface area contributed by atoms with Gasteiger partial charge < -0.3 is 31.2 Å². The minimum Gasteiger partial charge on any atom is -0.547 e. The Balaban J connectivity index is 0.000000395. The molecule has 57 heavy (non-hydrogen) atoms. The van der Waals surface area contributed by atoms with Crippen LogP contribution in [0.2, 0.25) is 0 Å². The Bertz CT molecular complexity index is 1910. The molecule has 280 valence electrons. The number of hydrogen-bond acceptors (Lipinski definition) is 10. The van der Waals surface area contributed by atoms with Crippen LogP contribution in [0.25, 0.3) is 30.4 Å². The minimum absolute atomic E-state index is 0. The quantitative estimate of drug-likeness (QED) is 0.114. The fourth-order valence-electron chi connectivity index (χ4n) is 4.12. The van der Waals surface area contributed by atoms with Crippen molar-refractivity contribution >= 4 is 98.4 Å². The molecule has 0 atom stereocenters. The molecule has 5 rings (SSSR count). The van der Waals surface area contributed by atoms with Crippen LogP contribution < -0.4 is 10.2 Å². The van der Waals surface area contributed by atoms with Crippen molar-refractivity contribution in [2.75, 3.05) is 0 Å². The van der Waals surface area contributed by atoms with E-state index in [1.165, 1.54) is 30.4 Å². The molecular formula is C45H35AlMgO10. The van der Waals surface area contributed by atoms with Gasteiger partial charge in [0.2, 0.25) is 0 Å². The summed E-state index contributed by atoms with van der Waals surface area (Å²) in [5, 5.41) is 19.9. The molecule has 0 fully saturated rings. The number of carbonyl (C=O) groups is 5. The number of benzene rings is 5. The van der Waals surface area contributed by atoms with Crippen LogP contribution >= 0.6 is 0 Å². The van der Waals surface area contributed by atoms with Gasteiger partial charge in [-0.15, -0.1) is 0 Å². The summed E-state index contributed by atoms with van der Waals surface area (Å²) in [6, 6.07) is 45.7. The van der Waals surface area contributed by atoms with Gasteiger partial charge in [-0.05, 0) is 58.2 Å². The maximum absolute atomic E-state index is 12.3. The van der Waals surface area contributed by atoms with Crippen LogP contribution in [-0.2, 0) is 35.3 Å². The van der Waals surface area contributed by atoms with Gasteiger partial charge in [-0.1, -0.05) is 164 Å². The number of aliphatic carboxylic acids is 2. The van der Waals surface area contributed by atoms with Gasteiger partial charge in [-0.2, -0.15) is 0 Å². The maximum atomic E-state index is 12.3. The van der Waals surface area contributed by atoms with Crippen LogP contribution in [0, 0.1) is 0 Å². The van der Waals surface area contributed by atoms with Crippen LogP contribution in [0.15, 0.2) is 182 Å². The second kappa shape index (κ2) is 27.9. The molecule has 0 aromatic heterocycles. The molecule has 12 heteroatoms. The van der Waals surface area contributed by atoms with Crippen molar-refractivity contribution in [3.05, 3.63) is 210 Å². The summed E-state index contributed by atoms with van der Waals surface area (Å²) in [6.45, 7) is 0. The molecular weight excluding hydrogens is 752 g/mol. The Morgan fingerprint density at radius 2 is 0.544 bits per heavy atom. The molecule has 0 aliphatic rings. The van der Waals surface area contributed by atoms with Crippen molar-refractivity contribution in [1.82, 2.24) is 0 Å². The monoisotopic (exact) mass is 786 g/mol. The first-order valence-corrected chi connectivity index (χ1v) is 18.3. The van der Waals surface area contributed by atoms with Crippen molar-refractivity contribution in [1.29, 1.82) is 0 Å². The van der Waals surface area contributed by atoms with Gasteiger partial charge in [0.15, 0.2) is 0 Å². The topological polar surface area (TPSA) is 159 Å². The van der Waals surface area contributed by atoms with Gasteiger partial charge in [-0.3, -0.25) is 14.4 Å². The van der Waals surface area contributed by atoms with Crippen LogP contribution in [0.1, 0.15) is 27.8 Å². The zero-order valence-electron chi connectivity index (χ0n) is 30.6. The summed E-state index contributed by atoms with van der Waals surface area (Å²) in [6.07, 6.45) is 13.2. The zero-order valence-corrected chi connectivity index (χ0v) is 33.1. The van der Waals surface area contributed by atoms with Gasteiger partial charge in [0.25, 0.3) is 17.9 Å². The Morgan fingerprint density at radius 3 is 0.737 bits per heavy atom. The van der Waals surface area contributed by atoms with Crippen molar-refractivity contribution in [3.63, 3.8) is 0 Å². The third-order valence-electron chi connectivity index (χ3n) is 6.69. The second-order valence-corrected chi connectivity index (χ2v) is 12.2. The van der Waals surface area contributed by atoms with E-state index in [4.69, 9.17) is 11.4 Å². The molecule has 0 bridgehead atoms. The number of rotatable bonds is 13. The average molecular weight is 787 g/mol. The number of carbonyl (C=O) groups excluding carboxylic acids is 5. The molecule has 5 aromatic carbocycles. The van der Waals surface area contributed by atoms with Gasteiger partial charge in [0, 0.05) is 18.2 Å². The first-order valence-electron chi connectivity index (χ1n) is 16.9. The Hall–Kier alpha value is -6.55. The SMILES string of the molecule is O=C(C=Cc1ccccc1)[O][Al]([O]C(=O)C=Cc1ccccc1)[O]C(=O)C=Cc1ccccc1.O=C([O-])C=Cc1ccccc1.O=C([O-])C=Cc1ccccc1.[Mg+2]. The van der Waals surface area contributed by atoms with Crippen molar-refractivity contribution in [2.24, 2.45) is 0 Å². The van der Waals surface area contributed by atoms with Gasteiger partial charge in [0.05, 0.1) is 11.9 Å². The van der Waals surface area contributed by atoms with E-state index in [-0.39, 0.29) is 23.1 Å². The normalized spacial score (nSPS) is 10.5. The maximum Gasteiger partial charge on any atom is 2.00 e. The van der Waals surface area contributed by atoms with E-state index >= 15 is 0 Å².